The number of rotatable bonds is 5. The topological polar surface area (TPSA) is 61.7 Å². The molecule has 1 fully saturated rings. The van der Waals surface area contributed by atoms with E-state index in [1.165, 1.54) is 17.8 Å². The number of fused-ring (bicyclic) bond motifs is 1. The smallest absolute Gasteiger partial charge is 0.319 e. The van der Waals surface area contributed by atoms with Gasteiger partial charge < -0.3 is 15.0 Å². The molecule has 2 amide bonds. The number of urea groups is 1. The van der Waals surface area contributed by atoms with Crippen molar-refractivity contribution in [2.75, 3.05) is 18.4 Å². The van der Waals surface area contributed by atoms with Crippen LogP contribution in [0.15, 0.2) is 79.0 Å². The van der Waals surface area contributed by atoms with Crippen molar-refractivity contribution in [3.63, 3.8) is 0 Å². The fourth-order valence-electron chi connectivity index (χ4n) is 4.36. The quantitative estimate of drug-likeness (QED) is 0.460. The average molecular weight is 444 g/mol. The van der Waals surface area contributed by atoms with Gasteiger partial charge in [0.1, 0.15) is 11.5 Å². The summed E-state index contributed by atoms with van der Waals surface area (Å²) in [6.45, 7) is 2.56. The predicted molar refractivity (Wildman–Crippen MR) is 127 cm³/mol. The van der Waals surface area contributed by atoms with Crippen LogP contribution in [-0.4, -0.2) is 39.4 Å². The monoisotopic (exact) mass is 443 g/mol. The van der Waals surface area contributed by atoms with Gasteiger partial charge in [-0.3, -0.25) is 4.90 Å². The Balaban J connectivity index is 1.23. The number of anilines is 1. The third-order valence-electron chi connectivity index (χ3n) is 6.07. The first-order valence-corrected chi connectivity index (χ1v) is 11.2. The number of halogens is 1. The number of aromatic nitrogens is 2. The summed E-state index contributed by atoms with van der Waals surface area (Å²) < 4.78 is 15.2. The van der Waals surface area contributed by atoms with Crippen molar-refractivity contribution in [1.29, 1.82) is 0 Å². The molecular weight excluding hydrogens is 417 g/mol. The molecule has 0 saturated carbocycles. The Labute approximate surface area is 192 Å². The molecule has 4 aromatic rings. The molecule has 3 heterocycles. The third-order valence-corrected chi connectivity index (χ3v) is 6.07. The van der Waals surface area contributed by atoms with E-state index in [-0.39, 0.29) is 17.9 Å². The molecule has 33 heavy (non-hydrogen) atoms. The lowest BCUT2D eigenvalue weighted by Gasteiger charge is -2.32. The summed E-state index contributed by atoms with van der Waals surface area (Å²) in [5, 5.41) is 5.81. The molecule has 7 heteroatoms. The number of pyridine rings is 1. The average Bonchev–Trinajstić information content (AvgIpc) is 3.21. The van der Waals surface area contributed by atoms with Crippen molar-refractivity contribution in [3.05, 3.63) is 90.5 Å². The van der Waals surface area contributed by atoms with E-state index in [4.69, 9.17) is 4.98 Å². The first-order valence-electron chi connectivity index (χ1n) is 11.2. The van der Waals surface area contributed by atoms with Crippen LogP contribution in [0.5, 0.6) is 0 Å². The predicted octanol–water partition coefficient (Wildman–Crippen LogP) is 4.93. The molecule has 5 rings (SSSR count). The largest absolute Gasteiger partial charge is 0.335 e. The van der Waals surface area contributed by atoms with E-state index in [1.807, 2.05) is 36.4 Å². The van der Waals surface area contributed by atoms with E-state index >= 15 is 0 Å². The second kappa shape index (κ2) is 9.42. The van der Waals surface area contributed by atoms with E-state index in [1.54, 1.807) is 12.1 Å². The number of benzene rings is 2. The van der Waals surface area contributed by atoms with Crippen LogP contribution in [0.4, 0.5) is 14.9 Å². The Morgan fingerprint density at radius 1 is 0.970 bits per heavy atom. The van der Waals surface area contributed by atoms with Crippen LogP contribution < -0.4 is 10.6 Å². The molecule has 1 aliphatic heterocycles. The lowest BCUT2D eigenvalue weighted by molar-refractivity contribution is 0.188. The minimum Gasteiger partial charge on any atom is -0.335 e. The number of hydrogen-bond acceptors (Lipinski definition) is 3. The molecule has 1 saturated heterocycles. The van der Waals surface area contributed by atoms with Crippen molar-refractivity contribution in [2.45, 2.75) is 25.4 Å². The molecule has 0 aliphatic carbocycles. The second-order valence-corrected chi connectivity index (χ2v) is 8.36. The number of imidazole rings is 1. The van der Waals surface area contributed by atoms with Crippen molar-refractivity contribution in [2.24, 2.45) is 0 Å². The molecule has 2 aromatic carbocycles. The maximum absolute atomic E-state index is 13.0. The van der Waals surface area contributed by atoms with Crippen LogP contribution in [0, 0.1) is 5.82 Å². The summed E-state index contributed by atoms with van der Waals surface area (Å²) in [7, 11) is 0. The lowest BCUT2D eigenvalue weighted by Crippen LogP contribution is -2.45. The van der Waals surface area contributed by atoms with Gasteiger partial charge >= 0.3 is 6.03 Å². The van der Waals surface area contributed by atoms with Gasteiger partial charge in [-0.15, -0.1) is 0 Å². The summed E-state index contributed by atoms with van der Waals surface area (Å²) in [6.07, 6.45) is 3.81. The highest BCUT2D eigenvalue weighted by Crippen LogP contribution is 2.26. The highest BCUT2D eigenvalue weighted by Gasteiger charge is 2.23. The zero-order valence-electron chi connectivity index (χ0n) is 18.2. The molecule has 0 bridgehead atoms. The van der Waals surface area contributed by atoms with E-state index < -0.39 is 0 Å². The van der Waals surface area contributed by atoms with Crippen LogP contribution in [0.3, 0.4) is 0 Å². The van der Waals surface area contributed by atoms with Crippen LogP contribution in [0.2, 0.25) is 0 Å². The standard InChI is InChI=1S/C26H26FN5O/c27-20-9-11-21(12-10-20)28-26(33)29-22-13-16-31(17-14-22)18-23-25(19-6-2-1-3-7-19)30-24-8-4-5-15-32(23)24/h1-12,15,22H,13-14,16-18H2,(H2,28,29,33). The van der Waals surface area contributed by atoms with Gasteiger partial charge in [0.05, 0.1) is 11.4 Å². The van der Waals surface area contributed by atoms with Crippen LogP contribution in [0.25, 0.3) is 16.9 Å². The van der Waals surface area contributed by atoms with Crippen molar-refractivity contribution < 1.29 is 9.18 Å². The third kappa shape index (κ3) is 4.88. The van der Waals surface area contributed by atoms with E-state index in [9.17, 15) is 9.18 Å². The second-order valence-electron chi connectivity index (χ2n) is 8.36. The molecule has 2 N–H and O–H groups in total. The maximum atomic E-state index is 13.0. The first kappa shape index (κ1) is 21.2. The Morgan fingerprint density at radius 2 is 1.70 bits per heavy atom. The van der Waals surface area contributed by atoms with Gasteiger partial charge in [-0.2, -0.15) is 0 Å². The maximum Gasteiger partial charge on any atom is 0.319 e. The van der Waals surface area contributed by atoms with E-state index in [0.717, 1.165) is 49.4 Å². The number of nitrogens with one attached hydrogen (secondary N) is 2. The number of hydrogen-bond donors (Lipinski definition) is 2. The minimum atomic E-state index is -0.324. The summed E-state index contributed by atoms with van der Waals surface area (Å²) in [6, 6.07) is 22.0. The first-order chi connectivity index (χ1) is 16.2. The number of amides is 2. The summed E-state index contributed by atoms with van der Waals surface area (Å²) in [5.74, 6) is -0.324. The minimum absolute atomic E-state index is 0.109. The Hall–Kier alpha value is -3.71. The summed E-state index contributed by atoms with van der Waals surface area (Å²) in [4.78, 5) is 19.6. The molecule has 0 spiro atoms. The molecule has 1 aliphatic rings. The van der Waals surface area contributed by atoms with Gasteiger partial charge in [-0.05, 0) is 49.2 Å². The normalized spacial score (nSPS) is 14.9. The zero-order valence-corrected chi connectivity index (χ0v) is 18.2. The Bertz CT molecular complexity index is 1230. The van der Waals surface area contributed by atoms with Crippen molar-refractivity contribution in [3.8, 4) is 11.3 Å². The summed E-state index contributed by atoms with van der Waals surface area (Å²) in [5.41, 5.74) is 4.83. The fraction of sp³-hybridized carbons (Fsp3) is 0.231. The molecule has 6 nitrogen and oxygen atoms in total. The molecule has 168 valence electrons. The van der Waals surface area contributed by atoms with Crippen molar-refractivity contribution in [1.82, 2.24) is 19.6 Å². The summed E-state index contributed by atoms with van der Waals surface area (Å²) >= 11 is 0. The van der Waals surface area contributed by atoms with Crippen LogP contribution in [-0.2, 0) is 6.54 Å². The van der Waals surface area contributed by atoms with E-state index in [2.05, 4.69) is 38.3 Å². The van der Waals surface area contributed by atoms with Gasteiger partial charge in [0, 0.05) is 43.1 Å². The number of nitrogens with zero attached hydrogens (tertiary/aromatic N) is 3. The Kier molecular flexibility index (Phi) is 6.04. The van der Waals surface area contributed by atoms with Crippen LogP contribution in [0.1, 0.15) is 18.5 Å². The van der Waals surface area contributed by atoms with E-state index in [0.29, 0.717) is 5.69 Å². The van der Waals surface area contributed by atoms with Crippen molar-refractivity contribution >= 4 is 17.4 Å². The molecule has 2 aromatic heterocycles. The highest BCUT2D eigenvalue weighted by molar-refractivity contribution is 5.89. The number of carbonyl (C=O) groups excluding carboxylic acids is 1. The van der Waals surface area contributed by atoms with Gasteiger partial charge in [-0.1, -0.05) is 36.4 Å². The van der Waals surface area contributed by atoms with Gasteiger partial charge in [0.15, 0.2) is 0 Å². The lowest BCUT2D eigenvalue weighted by atomic mass is 10.0. The fourth-order valence-corrected chi connectivity index (χ4v) is 4.36. The molecule has 0 atom stereocenters. The number of carbonyl (C=O) groups is 1. The Morgan fingerprint density at radius 3 is 2.45 bits per heavy atom. The number of piperidine rings is 1. The highest BCUT2D eigenvalue weighted by atomic mass is 19.1. The van der Waals surface area contributed by atoms with Gasteiger partial charge in [-0.25, -0.2) is 14.2 Å². The number of likely N-dealkylation sites (tertiary alicyclic amines) is 1. The van der Waals surface area contributed by atoms with Crippen LogP contribution >= 0.6 is 0 Å². The molecule has 0 radical (unpaired) electrons. The molecular formula is C26H26FN5O. The van der Waals surface area contributed by atoms with Gasteiger partial charge in [0.2, 0.25) is 0 Å². The van der Waals surface area contributed by atoms with Gasteiger partial charge in [0.25, 0.3) is 0 Å². The molecule has 0 unspecified atom stereocenters. The SMILES string of the molecule is O=C(Nc1ccc(F)cc1)NC1CCN(Cc2c(-c3ccccc3)nc3ccccn23)CC1. The zero-order chi connectivity index (χ0) is 22.6.